The lowest BCUT2D eigenvalue weighted by atomic mass is 10.0. The minimum atomic E-state index is -1.30. The van der Waals surface area contributed by atoms with Crippen LogP contribution in [0.2, 0.25) is 0 Å². The molecule has 0 aliphatic heterocycles. The Labute approximate surface area is 191 Å². The first-order valence-corrected chi connectivity index (χ1v) is 10.1. The summed E-state index contributed by atoms with van der Waals surface area (Å²) in [7, 11) is 1.17. The number of ether oxygens (including phenoxy) is 2. The van der Waals surface area contributed by atoms with Crippen molar-refractivity contribution in [2.75, 3.05) is 12.8 Å². The van der Waals surface area contributed by atoms with E-state index in [0.717, 1.165) is 10.5 Å². The summed E-state index contributed by atoms with van der Waals surface area (Å²) in [6.45, 7) is -0.0850. The summed E-state index contributed by atoms with van der Waals surface area (Å²) in [6, 6.07) is 19.7. The summed E-state index contributed by atoms with van der Waals surface area (Å²) in [4.78, 5) is 39.9. The Morgan fingerprint density at radius 1 is 0.909 bits per heavy atom. The molecule has 0 aliphatic carbocycles. The van der Waals surface area contributed by atoms with E-state index in [1.165, 1.54) is 43.5 Å². The van der Waals surface area contributed by atoms with Gasteiger partial charge in [-0.25, -0.2) is 14.5 Å². The van der Waals surface area contributed by atoms with Gasteiger partial charge in [-0.3, -0.25) is 4.79 Å². The number of hydrogen-bond donors (Lipinski definition) is 2. The molecule has 0 saturated carbocycles. The number of benzene rings is 3. The minimum Gasteiger partial charge on any atom is -0.508 e. The Hall–Kier alpha value is -4.33. The van der Waals surface area contributed by atoms with Gasteiger partial charge in [-0.05, 0) is 47.5 Å². The molecule has 33 heavy (non-hydrogen) atoms. The third kappa shape index (κ3) is 6.10. The van der Waals surface area contributed by atoms with Gasteiger partial charge >= 0.3 is 12.1 Å². The van der Waals surface area contributed by atoms with Crippen molar-refractivity contribution in [3.8, 4) is 5.75 Å². The summed E-state index contributed by atoms with van der Waals surface area (Å²) in [5.41, 5.74) is 7.63. The van der Waals surface area contributed by atoms with Crippen molar-refractivity contribution in [1.82, 2.24) is 4.90 Å². The zero-order valence-electron chi connectivity index (χ0n) is 18.0. The Bertz CT molecular complexity index is 1100. The predicted molar refractivity (Wildman–Crippen MR) is 121 cm³/mol. The van der Waals surface area contributed by atoms with Crippen LogP contribution in [0.5, 0.6) is 5.75 Å². The van der Waals surface area contributed by atoms with Gasteiger partial charge in [0, 0.05) is 17.7 Å². The van der Waals surface area contributed by atoms with E-state index in [9.17, 15) is 19.5 Å². The largest absolute Gasteiger partial charge is 0.508 e. The number of imide groups is 1. The van der Waals surface area contributed by atoms with E-state index >= 15 is 0 Å². The van der Waals surface area contributed by atoms with Crippen LogP contribution in [0.15, 0.2) is 78.9 Å². The highest BCUT2D eigenvalue weighted by Gasteiger charge is 2.37. The molecule has 0 saturated heterocycles. The molecule has 8 nitrogen and oxygen atoms in total. The number of aromatic hydroxyl groups is 1. The third-order valence-corrected chi connectivity index (χ3v) is 4.93. The molecule has 0 fully saturated rings. The van der Waals surface area contributed by atoms with Crippen molar-refractivity contribution in [1.29, 1.82) is 0 Å². The number of nitrogens with two attached hydrogens (primary N) is 1. The van der Waals surface area contributed by atoms with Crippen molar-refractivity contribution in [3.05, 3.63) is 95.6 Å². The second kappa shape index (κ2) is 10.8. The lowest BCUT2D eigenvalue weighted by molar-refractivity contribution is -0.145. The summed E-state index contributed by atoms with van der Waals surface area (Å²) in [5, 5.41) is 9.54. The van der Waals surface area contributed by atoms with Crippen LogP contribution < -0.4 is 5.73 Å². The van der Waals surface area contributed by atoms with Crippen molar-refractivity contribution in [2.24, 2.45) is 0 Å². The molecule has 170 valence electrons. The van der Waals surface area contributed by atoms with Gasteiger partial charge in [0.1, 0.15) is 18.4 Å². The van der Waals surface area contributed by atoms with Crippen LogP contribution >= 0.6 is 0 Å². The Balaban J connectivity index is 1.94. The lowest BCUT2D eigenvalue weighted by Crippen LogP contribution is -2.50. The average molecular weight is 448 g/mol. The summed E-state index contributed by atoms with van der Waals surface area (Å²) in [6.07, 6.45) is -1.02. The zero-order valence-corrected chi connectivity index (χ0v) is 18.0. The van der Waals surface area contributed by atoms with Gasteiger partial charge in [-0.2, -0.15) is 0 Å². The number of anilines is 1. The van der Waals surface area contributed by atoms with Gasteiger partial charge < -0.3 is 20.3 Å². The number of phenolic OH excluding ortho intramolecular Hbond substituents is 1. The average Bonchev–Trinajstić information content (AvgIpc) is 2.84. The SMILES string of the molecule is COC(=O)[C@H](Cc1ccc(O)cc1)N(C(=O)OCc1ccccc1)C(=O)c1ccc(N)cc1. The fourth-order valence-electron chi connectivity index (χ4n) is 3.18. The second-order valence-corrected chi connectivity index (χ2v) is 7.25. The highest BCUT2D eigenvalue weighted by atomic mass is 16.6. The molecule has 8 heteroatoms. The smallest absolute Gasteiger partial charge is 0.417 e. The molecule has 2 amide bonds. The van der Waals surface area contributed by atoms with Crippen molar-refractivity contribution in [2.45, 2.75) is 19.1 Å². The highest BCUT2D eigenvalue weighted by molar-refractivity contribution is 6.05. The minimum absolute atomic E-state index is 0.0336. The number of nitrogens with zero attached hydrogens (tertiary/aromatic N) is 1. The molecule has 0 aromatic heterocycles. The van der Waals surface area contributed by atoms with E-state index in [1.54, 1.807) is 36.4 Å². The Kier molecular flexibility index (Phi) is 7.64. The molecule has 3 aromatic rings. The van der Waals surface area contributed by atoms with Crippen LogP contribution in [0.25, 0.3) is 0 Å². The number of methoxy groups -OCH3 is 1. The third-order valence-electron chi connectivity index (χ3n) is 4.93. The first kappa shape index (κ1) is 23.3. The van der Waals surface area contributed by atoms with Crippen LogP contribution in [0.4, 0.5) is 10.5 Å². The molecule has 0 aliphatic rings. The summed E-state index contributed by atoms with van der Waals surface area (Å²) < 4.78 is 10.3. The van der Waals surface area contributed by atoms with E-state index in [4.69, 9.17) is 15.2 Å². The molecule has 0 unspecified atom stereocenters. The quantitative estimate of drug-likeness (QED) is 0.419. The maximum absolute atomic E-state index is 13.4. The molecule has 3 aromatic carbocycles. The van der Waals surface area contributed by atoms with E-state index in [2.05, 4.69) is 0 Å². The van der Waals surface area contributed by atoms with Gasteiger partial charge in [-0.1, -0.05) is 42.5 Å². The Morgan fingerprint density at radius 3 is 2.15 bits per heavy atom. The highest BCUT2D eigenvalue weighted by Crippen LogP contribution is 2.19. The number of amides is 2. The lowest BCUT2D eigenvalue weighted by Gasteiger charge is -2.28. The van der Waals surface area contributed by atoms with Crippen molar-refractivity contribution >= 4 is 23.7 Å². The van der Waals surface area contributed by atoms with Gasteiger partial charge in [0.05, 0.1) is 7.11 Å². The molecule has 0 bridgehead atoms. The van der Waals surface area contributed by atoms with E-state index < -0.39 is 24.0 Å². The normalized spacial score (nSPS) is 11.3. The van der Waals surface area contributed by atoms with Crippen LogP contribution in [0, 0.1) is 0 Å². The van der Waals surface area contributed by atoms with Crippen molar-refractivity contribution < 1.29 is 29.0 Å². The maximum atomic E-state index is 13.4. The predicted octanol–water partition coefficient (Wildman–Crippen LogP) is 3.54. The number of carbonyl (C=O) groups excluding carboxylic acids is 3. The molecule has 0 spiro atoms. The maximum Gasteiger partial charge on any atom is 0.417 e. The zero-order chi connectivity index (χ0) is 23.8. The number of phenols is 1. The van der Waals surface area contributed by atoms with Crippen LogP contribution in [0.1, 0.15) is 21.5 Å². The number of nitrogen functional groups attached to an aromatic ring is 1. The van der Waals surface area contributed by atoms with Gasteiger partial charge in [0.25, 0.3) is 5.91 Å². The monoisotopic (exact) mass is 448 g/mol. The fraction of sp³-hybridized carbons (Fsp3) is 0.160. The molecular formula is C25H24N2O6. The van der Waals surface area contributed by atoms with E-state index in [0.29, 0.717) is 11.3 Å². The number of hydrogen-bond acceptors (Lipinski definition) is 7. The van der Waals surface area contributed by atoms with Crippen LogP contribution in [-0.4, -0.2) is 41.1 Å². The molecule has 3 rings (SSSR count). The number of carbonyl (C=O) groups is 3. The second-order valence-electron chi connectivity index (χ2n) is 7.25. The van der Waals surface area contributed by atoms with Crippen LogP contribution in [-0.2, 0) is 27.3 Å². The van der Waals surface area contributed by atoms with Gasteiger partial charge in [0.15, 0.2) is 0 Å². The first-order chi connectivity index (χ1) is 15.9. The number of rotatable bonds is 7. The summed E-state index contributed by atoms with van der Waals surface area (Å²) in [5.74, 6) is -1.48. The van der Waals surface area contributed by atoms with Gasteiger partial charge in [-0.15, -0.1) is 0 Å². The van der Waals surface area contributed by atoms with Crippen molar-refractivity contribution in [3.63, 3.8) is 0 Å². The van der Waals surface area contributed by atoms with Crippen LogP contribution in [0.3, 0.4) is 0 Å². The Morgan fingerprint density at radius 2 is 1.55 bits per heavy atom. The molecule has 0 heterocycles. The first-order valence-electron chi connectivity index (χ1n) is 10.1. The fourth-order valence-corrected chi connectivity index (χ4v) is 3.18. The topological polar surface area (TPSA) is 119 Å². The molecular weight excluding hydrogens is 424 g/mol. The van der Waals surface area contributed by atoms with Gasteiger partial charge in [0.2, 0.25) is 0 Å². The molecule has 1 atom stereocenters. The molecule has 0 radical (unpaired) electrons. The van der Waals surface area contributed by atoms with E-state index in [-0.39, 0.29) is 24.3 Å². The standard InChI is InChI=1S/C25H24N2O6/c1-32-24(30)22(15-17-7-13-21(28)14-8-17)27(23(29)19-9-11-20(26)12-10-19)25(31)33-16-18-5-3-2-4-6-18/h2-14,22,28H,15-16,26H2,1H3/t22-/m0/s1. The number of esters is 1. The van der Waals surface area contributed by atoms with E-state index in [1.807, 2.05) is 6.07 Å². The summed E-state index contributed by atoms with van der Waals surface area (Å²) >= 11 is 0. The molecule has 3 N–H and O–H groups in total.